The number of aromatic nitrogens is 2. The molecule has 0 N–H and O–H groups in total. The van der Waals surface area contributed by atoms with Gasteiger partial charge in [-0.3, -0.25) is 10.1 Å². The first-order valence-corrected chi connectivity index (χ1v) is 7.69. The van der Waals surface area contributed by atoms with Crippen molar-refractivity contribution in [3.63, 3.8) is 0 Å². The van der Waals surface area contributed by atoms with Crippen LogP contribution in [0.15, 0.2) is 57.0 Å². The van der Waals surface area contributed by atoms with Crippen LogP contribution in [0.3, 0.4) is 0 Å². The van der Waals surface area contributed by atoms with Gasteiger partial charge in [-0.05, 0) is 36.0 Å². The van der Waals surface area contributed by atoms with Crippen molar-refractivity contribution in [1.82, 2.24) is 10.2 Å². The largest absolute Gasteiger partial charge is 0.416 e. The van der Waals surface area contributed by atoms with Gasteiger partial charge in [0.1, 0.15) is 5.82 Å². The Morgan fingerprint density at radius 2 is 1.85 bits per heavy atom. The van der Waals surface area contributed by atoms with Crippen molar-refractivity contribution in [2.45, 2.75) is 16.3 Å². The summed E-state index contributed by atoms with van der Waals surface area (Å²) in [5.41, 5.74) is -1.87. The van der Waals surface area contributed by atoms with Crippen LogP contribution in [-0.4, -0.2) is 15.1 Å². The summed E-state index contributed by atoms with van der Waals surface area (Å²) in [5, 5.41) is 18.2. The predicted octanol–water partition coefficient (Wildman–Crippen LogP) is 4.95. The minimum Gasteiger partial charge on any atom is -0.411 e. The number of nitro benzene ring substituents is 1. The highest BCUT2D eigenvalue weighted by atomic mass is 32.2. The zero-order chi connectivity index (χ0) is 18.9. The van der Waals surface area contributed by atoms with Crippen molar-refractivity contribution >= 4 is 17.4 Å². The molecule has 0 fully saturated rings. The molecule has 0 saturated heterocycles. The molecule has 0 saturated carbocycles. The Balaban J connectivity index is 1.92. The maximum atomic E-state index is 13.7. The fourth-order valence-corrected chi connectivity index (χ4v) is 2.78. The monoisotopic (exact) mass is 385 g/mol. The van der Waals surface area contributed by atoms with E-state index in [9.17, 15) is 27.7 Å². The molecule has 0 amide bonds. The van der Waals surface area contributed by atoms with E-state index in [1.165, 1.54) is 18.2 Å². The number of rotatable bonds is 4. The summed E-state index contributed by atoms with van der Waals surface area (Å²) in [6.45, 7) is 0. The number of halogens is 4. The van der Waals surface area contributed by atoms with Gasteiger partial charge >= 0.3 is 6.18 Å². The minimum absolute atomic E-state index is 0.0359. The highest BCUT2D eigenvalue weighted by Crippen LogP contribution is 2.39. The maximum absolute atomic E-state index is 13.7. The number of alkyl halides is 3. The van der Waals surface area contributed by atoms with Gasteiger partial charge < -0.3 is 4.42 Å². The molecule has 0 bridgehead atoms. The van der Waals surface area contributed by atoms with Crippen molar-refractivity contribution < 1.29 is 26.9 Å². The van der Waals surface area contributed by atoms with Gasteiger partial charge in [0.25, 0.3) is 16.8 Å². The Bertz CT molecular complexity index is 975. The van der Waals surface area contributed by atoms with E-state index in [2.05, 4.69) is 10.2 Å². The van der Waals surface area contributed by atoms with E-state index in [1.54, 1.807) is 6.07 Å². The fraction of sp³-hybridized carbons (Fsp3) is 0.0667. The van der Waals surface area contributed by atoms with Gasteiger partial charge in [-0.1, -0.05) is 12.1 Å². The summed E-state index contributed by atoms with van der Waals surface area (Å²) < 4.78 is 57.1. The molecule has 3 rings (SSSR count). The number of hydrogen-bond acceptors (Lipinski definition) is 6. The molecule has 2 aromatic carbocycles. The lowest BCUT2D eigenvalue weighted by Gasteiger charge is -2.07. The van der Waals surface area contributed by atoms with Gasteiger partial charge in [-0.25, -0.2) is 4.39 Å². The topological polar surface area (TPSA) is 82.1 Å². The summed E-state index contributed by atoms with van der Waals surface area (Å²) in [6, 6.07) is 7.69. The van der Waals surface area contributed by atoms with Crippen molar-refractivity contribution in [2.24, 2.45) is 0 Å². The second-order valence-corrected chi connectivity index (χ2v) is 5.89. The lowest BCUT2D eigenvalue weighted by molar-refractivity contribution is -0.388. The van der Waals surface area contributed by atoms with E-state index >= 15 is 0 Å². The molecule has 0 radical (unpaired) electrons. The molecule has 0 aliphatic heterocycles. The number of hydrogen-bond donors (Lipinski definition) is 0. The van der Waals surface area contributed by atoms with E-state index in [0.29, 0.717) is 23.9 Å². The first-order chi connectivity index (χ1) is 12.3. The van der Waals surface area contributed by atoms with Crippen LogP contribution in [0.4, 0.5) is 23.2 Å². The van der Waals surface area contributed by atoms with Crippen molar-refractivity contribution in [3.8, 4) is 11.5 Å². The summed E-state index contributed by atoms with van der Waals surface area (Å²) in [5.74, 6) is -0.756. The van der Waals surface area contributed by atoms with Gasteiger partial charge in [-0.2, -0.15) is 13.2 Å². The predicted molar refractivity (Wildman–Crippen MR) is 81.9 cm³/mol. The smallest absolute Gasteiger partial charge is 0.411 e. The van der Waals surface area contributed by atoms with Crippen molar-refractivity contribution in [1.29, 1.82) is 0 Å². The average Bonchev–Trinajstić information content (AvgIpc) is 3.02. The fourth-order valence-electron chi connectivity index (χ4n) is 2.01. The summed E-state index contributed by atoms with van der Waals surface area (Å²) in [6.07, 6.45) is -4.71. The Morgan fingerprint density at radius 3 is 2.50 bits per heavy atom. The molecule has 0 unspecified atom stereocenters. The molecule has 0 aliphatic carbocycles. The molecule has 0 atom stereocenters. The van der Waals surface area contributed by atoms with Crippen LogP contribution in [0.2, 0.25) is 0 Å². The SMILES string of the molecule is O=[N+]([O-])c1cc(C(F)(F)F)ccc1Sc1nnc(-c2ccccc2F)o1. The van der Waals surface area contributed by atoms with Crippen LogP contribution in [-0.2, 0) is 6.18 Å². The summed E-state index contributed by atoms with van der Waals surface area (Å²) >= 11 is 0.611. The lowest BCUT2D eigenvalue weighted by atomic mass is 10.2. The highest BCUT2D eigenvalue weighted by Gasteiger charge is 2.33. The molecule has 0 spiro atoms. The molecule has 3 aromatic rings. The Kier molecular flexibility index (Phi) is 4.64. The zero-order valence-electron chi connectivity index (χ0n) is 12.5. The summed E-state index contributed by atoms with van der Waals surface area (Å²) in [7, 11) is 0. The third-order valence-electron chi connectivity index (χ3n) is 3.19. The first kappa shape index (κ1) is 17.9. The van der Waals surface area contributed by atoms with E-state index < -0.39 is 28.2 Å². The Labute approximate surface area is 147 Å². The third-order valence-corrected chi connectivity index (χ3v) is 4.10. The zero-order valence-corrected chi connectivity index (χ0v) is 13.3. The van der Waals surface area contributed by atoms with Crippen molar-refractivity contribution in [2.75, 3.05) is 0 Å². The quantitative estimate of drug-likeness (QED) is 0.359. The second-order valence-electron chi connectivity index (χ2n) is 4.89. The lowest BCUT2D eigenvalue weighted by Crippen LogP contribution is -2.05. The van der Waals surface area contributed by atoms with Crippen LogP contribution in [0, 0.1) is 15.9 Å². The van der Waals surface area contributed by atoms with Crippen molar-refractivity contribution in [3.05, 3.63) is 64.0 Å². The van der Waals surface area contributed by atoms with E-state index in [1.807, 2.05) is 0 Å². The van der Waals surface area contributed by atoms with Crippen LogP contribution < -0.4 is 0 Å². The summed E-state index contributed by atoms with van der Waals surface area (Å²) in [4.78, 5) is 10.0. The molecule has 134 valence electrons. The molecule has 1 heterocycles. The van der Waals surface area contributed by atoms with Gasteiger partial charge in [-0.15, -0.1) is 10.2 Å². The first-order valence-electron chi connectivity index (χ1n) is 6.87. The highest BCUT2D eigenvalue weighted by molar-refractivity contribution is 7.99. The number of nitrogens with zero attached hydrogens (tertiary/aromatic N) is 3. The Hall–Kier alpha value is -2.95. The van der Waals surface area contributed by atoms with Crippen LogP contribution >= 0.6 is 11.8 Å². The van der Waals surface area contributed by atoms with E-state index in [0.717, 1.165) is 6.07 Å². The van der Waals surface area contributed by atoms with Gasteiger partial charge in [0.05, 0.1) is 20.9 Å². The van der Waals surface area contributed by atoms with Crippen LogP contribution in [0.25, 0.3) is 11.5 Å². The number of nitro groups is 1. The Morgan fingerprint density at radius 1 is 1.12 bits per heavy atom. The van der Waals surface area contributed by atoms with Gasteiger partial charge in [0, 0.05) is 6.07 Å². The number of benzene rings is 2. The minimum atomic E-state index is -4.71. The molecule has 1 aromatic heterocycles. The average molecular weight is 385 g/mol. The van der Waals surface area contributed by atoms with Crippen LogP contribution in [0.5, 0.6) is 0 Å². The van der Waals surface area contributed by atoms with Gasteiger partial charge in [0.2, 0.25) is 0 Å². The molecule has 0 aliphatic rings. The standard InChI is InChI=1S/C15H7F4N3O3S/c16-10-4-2-1-3-9(10)13-20-21-14(25-13)26-12-6-5-8(15(17,18)19)7-11(12)22(23)24/h1-7H. The van der Waals surface area contributed by atoms with Crippen LogP contribution in [0.1, 0.15) is 5.56 Å². The maximum Gasteiger partial charge on any atom is 0.416 e. The van der Waals surface area contributed by atoms with Gasteiger partial charge in [0.15, 0.2) is 0 Å². The normalized spacial score (nSPS) is 11.5. The molecular weight excluding hydrogens is 378 g/mol. The molecule has 11 heteroatoms. The van der Waals surface area contributed by atoms with E-state index in [-0.39, 0.29) is 21.6 Å². The third kappa shape index (κ3) is 3.67. The molecular formula is C15H7F4N3O3S. The second kappa shape index (κ2) is 6.75. The molecule has 6 nitrogen and oxygen atoms in total. The molecule has 26 heavy (non-hydrogen) atoms. The van der Waals surface area contributed by atoms with E-state index in [4.69, 9.17) is 4.42 Å².